The van der Waals surface area contributed by atoms with Gasteiger partial charge in [-0.05, 0) is 23.6 Å². The van der Waals surface area contributed by atoms with Gasteiger partial charge in [0.1, 0.15) is 0 Å². The molecule has 0 aromatic heterocycles. The number of carbonyl (C=O) groups is 1. The summed E-state index contributed by atoms with van der Waals surface area (Å²) in [7, 11) is 0. The molecule has 0 unspecified atom stereocenters. The number of esters is 1. The molecule has 0 spiro atoms. The standard InChI is InChI=1S/C17H15F3O2/c1-2-22-15(21)11-13-9-6-10-14(16(13)17(18,19)20)12-7-4-3-5-8-12/h3-10H,2,11H2,1H3. The van der Waals surface area contributed by atoms with Crippen LogP contribution >= 0.6 is 0 Å². The van der Waals surface area contributed by atoms with Gasteiger partial charge in [0.05, 0.1) is 18.6 Å². The van der Waals surface area contributed by atoms with Crippen molar-refractivity contribution < 1.29 is 22.7 Å². The molecule has 0 saturated heterocycles. The summed E-state index contributed by atoms with van der Waals surface area (Å²) < 4.78 is 45.2. The summed E-state index contributed by atoms with van der Waals surface area (Å²) in [4.78, 5) is 11.5. The van der Waals surface area contributed by atoms with Gasteiger partial charge in [-0.2, -0.15) is 13.2 Å². The van der Waals surface area contributed by atoms with Crippen molar-refractivity contribution in [2.24, 2.45) is 0 Å². The highest BCUT2D eigenvalue weighted by Gasteiger charge is 2.36. The summed E-state index contributed by atoms with van der Waals surface area (Å²) >= 11 is 0. The highest BCUT2D eigenvalue weighted by atomic mass is 19.4. The molecule has 2 aromatic rings. The molecule has 2 nitrogen and oxygen atoms in total. The highest BCUT2D eigenvalue weighted by molar-refractivity contribution is 5.76. The Labute approximate surface area is 126 Å². The van der Waals surface area contributed by atoms with Crippen molar-refractivity contribution in [3.05, 3.63) is 59.7 Å². The van der Waals surface area contributed by atoms with E-state index in [-0.39, 0.29) is 17.7 Å². The van der Waals surface area contributed by atoms with E-state index in [0.717, 1.165) is 0 Å². The van der Waals surface area contributed by atoms with Crippen LogP contribution in [0, 0.1) is 0 Å². The summed E-state index contributed by atoms with van der Waals surface area (Å²) in [6.45, 7) is 1.75. The Morgan fingerprint density at radius 3 is 2.32 bits per heavy atom. The van der Waals surface area contributed by atoms with Gasteiger partial charge in [-0.25, -0.2) is 0 Å². The van der Waals surface area contributed by atoms with E-state index in [1.165, 1.54) is 18.2 Å². The van der Waals surface area contributed by atoms with Gasteiger partial charge in [0.25, 0.3) is 0 Å². The Balaban J connectivity index is 2.54. The van der Waals surface area contributed by atoms with Crippen molar-refractivity contribution in [2.75, 3.05) is 6.61 Å². The topological polar surface area (TPSA) is 26.3 Å². The monoisotopic (exact) mass is 308 g/mol. The van der Waals surface area contributed by atoms with Gasteiger partial charge in [0, 0.05) is 0 Å². The van der Waals surface area contributed by atoms with Crippen LogP contribution in [-0.4, -0.2) is 12.6 Å². The third kappa shape index (κ3) is 3.67. The van der Waals surface area contributed by atoms with Crippen LogP contribution in [0.3, 0.4) is 0 Å². The Kier molecular flexibility index (Phi) is 4.85. The van der Waals surface area contributed by atoms with Crippen LogP contribution in [0.25, 0.3) is 11.1 Å². The van der Waals surface area contributed by atoms with Gasteiger partial charge in [-0.15, -0.1) is 0 Å². The third-order valence-corrected chi connectivity index (χ3v) is 3.16. The summed E-state index contributed by atoms with van der Waals surface area (Å²) in [6.07, 6.45) is -4.95. The van der Waals surface area contributed by atoms with Crippen molar-refractivity contribution in [3.63, 3.8) is 0 Å². The fourth-order valence-corrected chi connectivity index (χ4v) is 2.31. The van der Waals surface area contributed by atoms with Crippen LogP contribution in [-0.2, 0) is 22.1 Å². The molecule has 116 valence electrons. The molecule has 0 aliphatic rings. The zero-order valence-corrected chi connectivity index (χ0v) is 12.0. The van der Waals surface area contributed by atoms with Crippen molar-refractivity contribution in [2.45, 2.75) is 19.5 Å². The van der Waals surface area contributed by atoms with Crippen molar-refractivity contribution in [3.8, 4) is 11.1 Å². The number of carbonyl (C=O) groups excluding carboxylic acids is 1. The maximum Gasteiger partial charge on any atom is 0.417 e. The molecule has 0 atom stereocenters. The molecule has 0 radical (unpaired) electrons. The lowest BCUT2D eigenvalue weighted by Gasteiger charge is -2.17. The fourth-order valence-electron chi connectivity index (χ4n) is 2.31. The Morgan fingerprint density at radius 1 is 1.05 bits per heavy atom. The second kappa shape index (κ2) is 6.64. The molecule has 0 fully saturated rings. The van der Waals surface area contributed by atoms with E-state index in [1.54, 1.807) is 37.3 Å². The molecule has 0 amide bonds. The average Bonchev–Trinajstić information content (AvgIpc) is 2.47. The summed E-state index contributed by atoms with van der Waals surface area (Å²) in [5.74, 6) is -0.668. The number of rotatable bonds is 4. The van der Waals surface area contributed by atoms with Crippen LogP contribution in [0.4, 0.5) is 13.2 Å². The van der Waals surface area contributed by atoms with Crippen LogP contribution in [0.1, 0.15) is 18.1 Å². The number of hydrogen-bond acceptors (Lipinski definition) is 2. The fraction of sp³-hybridized carbons (Fsp3) is 0.235. The predicted molar refractivity (Wildman–Crippen MR) is 77.2 cm³/mol. The average molecular weight is 308 g/mol. The molecular weight excluding hydrogens is 293 g/mol. The molecule has 0 heterocycles. The molecular formula is C17H15F3O2. The minimum atomic E-state index is -4.55. The highest BCUT2D eigenvalue weighted by Crippen LogP contribution is 2.39. The van der Waals surface area contributed by atoms with Crippen LogP contribution < -0.4 is 0 Å². The van der Waals surface area contributed by atoms with Crippen molar-refractivity contribution >= 4 is 5.97 Å². The molecule has 2 rings (SSSR count). The van der Waals surface area contributed by atoms with Gasteiger partial charge >= 0.3 is 12.1 Å². The maximum atomic E-state index is 13.5. The minimum absolute atomic E-state index is 0.0647. The quantitative estimate of drug-likeness (QED) is 0.779. The molecule has 0 aliphatic heterocycles. The van der Waals surface area contributed by atoms with Crippen molar-refractivity contribution in [1.82, 2.24) is 0 Å². The Hall–Kier alpha value is -2.30. The zero-order valence-electron chi connectivity index (χ0n) is 12.0. The molecule has 0 N–H and O–H groups in total. The third-order valence-electron chi connectivity index (χ3n) is 3.16. The van der Waals surface area contributed by atoms with Crippen molar-refractivity contribution in [1.29, 1.82) is 0 Å². The molecule has 0 saturated carbocycles. The second-order valence-electron chi connectivity index (χ2n) is 4.69. The van der Waals surface area contributed by atoms with E-state index in [4.69, 9.17) is 4.74 Å². The second-order valence-corrected chi connectivity index (χ2v) is 4.69. The minimum Gasteiger partial charge on any atom is -0.466 e. The van der Waals surface area contributed by atoms with Gasteiger partial charge in [-0.1, -0.05) is 48.5 Å². The first kappa shape index (κ1) is 16.1. The van der Waals surface area contributed by atoms with E-state index in [9.17, 15) is 18.0 Å². The number of alkyl halides is 3. The van der Waals surface area contributed by atoms with Gasteiger partial charge in [0.15, 0.2) is 0 Å². The molecule has 22 heavy (non-hydrogen) atoms. The van der Waals surface area contributed by atoms with E-state index in [2.05, 4.69) is 0 Å². The normalized spacial score (nSPS) is 11.3. The zero-order chi connectivity index (χ0) is 16.2. The summed E-state index contributed by atoms with van der Waals surface area (Å²) in [5, 5.41) is 0. The first-order chi connectivity index (χ1) is 10.4. The number of halogens is 3. The van der Waals surface area contributed by atoms with E-state index >= 15 is 0 Å². The molecule has 0 bridgehead atoms. The maximum absolute atomic E-state index is 13.5. The Morgan fingerprint density at radius 2 is 1.73 bits per heavy atom. The number of ether oxygens (including phenoxy) is 1. The smallest absolute Gasteiger partial charge is 0.417 e. The lowest BCUT2D eigenvalue weighted by atomic mass is 9.93. The van der Waals surface area contributed by atoms with Gasteiger partial charge in [-0.3, -0.25) is 4.79 Å². The number of hydrogen-bond donors (Lipinski definition) is 0. The largest absolute Gasteiger partial charge is 0.466 e. The lowest BCUT2D eigenvalue weighted by molar-refractivity contribution is -0.143. The van der Waals surface area contributed by atoms with Crippen LogP contribution in [0.15, 0.2) is 48.5 Å². The lowest BCUT2D eigenvalue weighted by Crippen LogP contribution is -2.15. The SMILES string of the molecule is CCOC(=O)Cc1cccc(-c2ccccc2)c1C(F)(F)F. The van der Waals surface area contributed by atoms with E-state index in [1.807, 2.05) is 0 Å². The first-order valence-corrected chi connectivity index (χ1v) is 6.83. The summed E-state index contributed by atoms with van der Waals surface area (Å²) in [5.41, 5.74) is -0.336. The van der Waals surface area contributed by atoms with E-state index < -0.39 is 24.1 Å². The van der Waals surface area contributed by atoms with Crippen LogP contribution in [0.2, 0.25) is 0 Å². The first-order valence-electron chi connectivity index (χ1n) is 6.83. The Bertz CT molecular complexity index is 649. The van der Waals surface area contributed by atoms with Gasteiger partial charge in [0.2, 0.25) is 0 Å². The van der Waals surface area contributed by atoms with E-state index in [0.29, 0.717) is 5.56 Å². The predicted octanol–water partition coefficient (Wildman–Crippen LogP) is 4.48. The number of benzene rings is 2. The van der Waals surface area contributed by atoms with Crippen LogP contribution in [0.5, 0.6) is 0 Å². The molecule has 2 aromatic carbocycles. The van der Waals surface area contributed by atoms with Gasteiger partial charge < -0.3 is 4.74 Å². The summed E-state index contributed by atoms with van der Waals surface area (Å²) in [6, 6.07) is 12.5. The molecule has 5 heteroatoms. The molecule has 0 aliphatic carbocycles.